The van der Waals surface area contributed by atoms with Gasteiger partial charge in [0.05, 0.1) is 17.6 Å². The Kier molecular flexibility index (Phi) is 5.06. The quantitative estimate of drug-likeness (QED) is 0.476. The van der Waals surface area contributed by atoms with E-state index in [1.807, 2.05) is 12.1 Å². The highest BCUT2D eigenvalue weighted by molar-refractivity contribution is 7.14. The molecule has 0 aliphatic heterocycles. The third kappa shape index (κ3) is 3.89. The van der Waals surface area contributed by atoms with Gasteiger partial charge in [-0.3, -0.25) is 4.79 Å². The number of ether oxygens (including phenoxy) is 1. The first-order valence-corrected chi connectivity index (χ1v) is 7.45. The van der Waals surface area contributed by atoms with E-state index >= 15 is 0 Å². The van der Waals surface area contributed by atoms with Crippen LogP contribution < -0.4 is 0 Å². The molecule has 0 aliphatic carbocycles. The third-order valence-electron chi connectivity index (χ3n) is 3.01. The van der Waals surface area contributed by atoms with Crippen molar-refractivity contribution in [2.24, 2.45) is 0 Å². The number of benzene rings is 1. The number of methoxy groups -OCH3 is 1. The Morgan fingerprint density at radius 2 is 1.86 bits per heavy atom. The van der Waals surface area contributed by atoms with Gasteiger partial charge in [0, 0.05) is 4.88 Å². The van der Waals surface area contributed by atoms with Crippen LogP contribution in [0.4, 0.5) is 0 Å². The lowest BCUT2D eigenvalue weighted by Gasteiger charge is -1.99. The van der Waals surface area contributed by atoms with Gasteiger partial charge in [0.2, 0.25) is 0 Å². The summed E-state index contributed by atoms with van der Waals surface area (Å²) in [7, 11) is 1.35. The summed E-state index contributed by atoms with van der Waals surface area (Å²) in [6.07, 6.45) is 4.24. The Labute approximate surface area is 127 Å². The van der Waals surface area contributed by atoms with Crippen LogP contribution in [0.2, 0.25) is 0 Å². The van der Waals surface area contributed by atoms with Crippen molar-refractivity contribution in [2.45, 2.75) is 13.3 Å². The highest BCUT2D eigenvalue weighted by Crippen LogP contribution is 2.18. The van der Waals surface area contributed by atoms with E-state index in [9.17, 15) is 9.59 Å². The third-order valence-corrected chi connectivity index (χ3v) is 4.26. The summed E-state index contributed by atoms with van der Waals surface area (Å²) < 4.78 is 4.64. The molecule has 0 fully saturated rings. The second-order valence-electron chi connectivity index (χ2n) is 4.43. The minimum absolute atomic E-state index is 0.00301. The predicted octanol–water partition coefficient (Wildman–Crippen LogP) is 3.99. The minimum atomic E-state index is -0.368. The molecule has 4 heteroatoms. The van der Waals surface area contributed by atoms with Crippen LogP contribution in [0.15, 0.2) is 42.5 Å². The second-order valence-corrected chi connectivity index (χ2v) is 5.60. The van der Waals surface area contributed by atoms with Gasteiger partial charge in [0.15, 0.2) is 5.78 Å². The first-order chi connectivity index (χ1) is 10.1. The summed E-state index contributed by atoms with van der Waals surface area (Å²) in [4.78, 5) is 25.3. The van der Waals surface area contributed by atoms with Crippen LogP contribution in [0, 0.1) is 0 Å². The number of aryl methyl sites for hydroxylation is 1. The average molecular weight is 300 g/mol. The van der Waals surface area contributed by atoms with Crippen molar-refractivity contribution in [3.05, 3.63) is 63.4 Å². The maximum Gasteiger partial charge on any atom is 0.337 e. The highest BCUT2D eigenvalue weighted by Gasteiger charge is 2.06. The number of hydrogen-bond acceptors (Lipinski definition) is 4. The number of hydrogen-bond donors (Lipinski definition) is 0. The van der Waals surface area contributed by atoms with Crippen molar-refractivity contribution < 1.29 is 14.3 Å². The van der Waals surface area contributed by atoms with Crippen LogP contribution in [0.1, 0.15) is 37.4 Å². The molecule has 1 aromatic heterocycles. The molecule has 2 aromatic rings. The molecule has 0 spiro atoms. The maximum absolute atomic E-state index is 12.0. The Bertz CT molecular complexity index is 666. The van der Waals surface area contributed by atoms with Crippen molar-refractivity contribution >= 4 is 29.2 Å². The van der Waals surface area contributed by atoms with Gasteiger partial charge in [-0.1, -0.05) is 25.1 Å². The van der Waals surface area contributed by atoms with Crippen LogP contribution >= 0.6 is 11.3 Å². The summed E-state index contributed by atoms with van der Waals surface area (Å²) in [5.74, 6) is -0.371. The monoisotopic (exact) mass is 300 g/mol. The van der Waals surface area contributed by atoms with Crippen LogP contribution in [0.3, 0.4) is 0 Å². The standard InChI is InChI=1S/C17H16O3S/c1-3-14-9-11-16(21-14)15(18)10-6-12-4-7-13(8-5-12)17(19)20-2/h4-11H,3H2,1-2H3/b10-6+. The van der Waals surface area contributed by atoms with Gasteiger partial charge >= 0.3 is 5.97 Å². The highest BCUT2D eigenvalue weighted by atomic mass is 32.1. The number of allylic oxidation sites excluding steroid dienone is 1. The van der Waals surface area contributed by atoms with Gasteiger partial charge in [0.1, 0.15) is 0 Å². The molecule has 3 nitrogen and oxygen atoms in total. The molecule has 0 N–H and O–H groups in total. The molecule has 0 saturated heterocycles. The molecule has 0 unspecified atom stereocenters. The Morgan fingerprint density at radius 3 is 2.43 bits per heavy atom. The van der Waals surface area contributed by atoms with Gasteiger partial charge in [-0.05, 0) is 42.3 Å². The van der Waals surface area contributed by atoms with E-state index in [2.05, 4.69) is 11.7 Å². The minimum Gasteiger partial charge on any atom is -0.465 e. The van der Waals surface area contributed by atoms with Gasteiger partial charge in [-0.15, -0.1) is 11.3 Å². The summed E-state index contributed by atoms with van der Waals surface area (Å²) in [5.41, 5.74) is 1.36. The fraction of sp³-hybridized carbons (Fsp3) is 0.176. The van der Waals surface area contributed by atoms with E-state index in [4.69, 9.17) is 0 Å². The van der Waals surface area contributed by atoms with Gasteiger partial charge in [-0.2, -0.15) is 0 Å². The smallest absolute Gasteiger partial charge is 0.337 e. The number of ketones is 1. The number of esters is 1. The molecule has 0 saturated carbocycles. The molecule has 0 aliphatic rings. The number of carbonyl (C=O) groups excluding carboxylic acids is 2. The molecule has 21 heavy (non-hydrogen) atoms. The molecule has 1 heterocycles. The van der Waals surface area contributed by atoms with E-state index in [-0.39, 0.29) is 11.8 Å². The fourth-order valence-electron chi connectivity index (χ4n) is 1.80. The molecule has 0 atom stereocenters. The molecular formula is C17H16O3S. The van der Waals surface area contributed by atoms with Gasteiger partial charge < -0.3 is 4.74 Å². The molecule has 108 valence electrons. The lowest BCUT2D eigenvalue weighted by Crippen LogP contribution is -2.00. The average Bonchev–Trinajstić information content (AvgIpc) is 3.01. The van der Waals surface area contributed by atoms with E-state index in [0.29, 0.717) is 5.56 Å². The Balaban J connectivity index is 2.06. The maximum atomic E-state index is 12.0. The topological polar surface area (TPSA) is 43.4 Å². The van der Waals surface area contributed by atoms with E-state index in [1.165, 1.54) is 23.3 Å². The van der Waals surface area contributed by atoms with Crippen LogP contribution in [0.5, 0.6) is 0 Å². The van der Waals surface area contributed by atoms with Crippen molar-refractivity contribution in [2.75, 3.05) is 7.11 Å². The van der Waals surface area contributed by atoms with Gasteiger partial charge in [-0.25, -0.2) is 4.79 Å². The number of rotatable bonds is 5. The number of thiophene rings is 1. The Hall–Kier alpha value is -2.20. The van der Waals surface area contributed by atoms with Crippen molar-refractivity contribution in [1.29, 1.82) is 0 Å². The van der Waals surface area contributed by atoms with E-state index in [0.717, 1.165) is 16.9 Å². The van der Waals surface area contributed by atoms with E-state index < -0.39 is 0 Å². The first-order valence-electron chi connectivity index (χ1n) is 6.63. The van der Waals surface area contributed by atoms with Crippen LogP contribution in [0.25, 0.3) is 6.08 Å². The molecule has 0 amide bonds. The van der Waals surface area contributed by atoms with Crippen molar-refractivity contribution in [3.8, 4) is 0 Å². The first kappa shape index (κ1) is 15.2. The van der Waals surface area contributed by atoms with Gasteiger partial charge in [0.25, 0.3) is 0 Å². The van der Waals surface area contributed by atoms with E-state index in [1.54, 1.807) is 36.4 Å². The summed E-state index contributed by atoms with van der Waals surface area (Å²) in [6, 6.07) is 10.8. The zero-order valence-electron chi connectivity index (χ0n) is 12.0. The number of carbonyl (C=O) groups is 2. The molecule has 2 rings (SSSR count). The summed E-state index contributed by atoms with van der Waals surface area (Å²) >= 11 is 1.52. The fourth-order valence-corrected chi connectivity index (χ4v) is 2.67. The molecule has 1 aromatic carbocycles. The summed E-state index contributed by atoms with van der Waals surface area (Å²) in [6.45, 7) is 2.07. The van der Waals surface area contributed by atoms with Crippen molar-refractivity contribution in [1.82, 2.24) is 0 Å². The zero-order valence-corrected chi connectivity index (χ0v) is 12.8. The molecule has 0 radical (unpaired) electrons. The van der Waals surface area contributed by atoms with Crippen LogP contribution in [-0.2, 0) is 11.2 Å². The predicted molar refractivity (Wildman–Crippen MR) is 84.8 cm³/mol. The molecule has 0 bridgehead atoms. The lowest BCUT2D eigenvalue weighted by atomic mass is 10.1. The Morgan fingerprint density at radius 1 is 1.14 bits per heavy atom. The van der Waals surface area contributed by atoms with Crippen LogP contribution in [-0.4, -0.2) is 18.9 Å². The second kappa shape index (κ2) is 6.99. The molecular weight excluding hydrogens is 284 g/mol. The van der Waals surface area contributed by atoms with Crippen molar-refractivity contribution in [3.63, 3.8) is 0 Å². The lowest BCUT2D eigenvalue weighted by molar-refractivity contribution is 0.0600. The normalized spacial score (nSPS) is 10.8. The SMILES string of the molecule is CCc1ccc(C(=O)/C=C/c2ccc(C(=O)OC)cc2)s1. The zero-order chi connectivity index (χ0) is 15.2. The summed E-state index contributed by atoms with van der Waals surface area (Å²) in [5, 5.41) is 0. The largest absolute Gasteiger partial charge is 0.465 e.